The van der Waals surface area contributed by atoms with Crippen molar-refractivity contribution >= 4 is 28.0 Å². The van der Waals surface area contributed by atoms with E-state index in [1.807, 2.05) is 24.3 Å². The smallest absolute Gasteiger partial charge is 0.251 e. The summed E-state index contributed by atoms with van der Waals surface area (Å²) in [4.78, 5) is 16.5. The lowest BCUT2D eigenvalue weighted by Gasteiger charge is -2.03. The Kier molecular flexibility index (Phi) is 3.23. The second kappa shape index (κ2) is 5.53. The van der Waals surface area contributed by atoms with Gasteiger partial charge in [-0.15, -0.1) is 0 Å². The van der Waals surface area contributed by atoms with Gasteiger partial charge in [-0.05, 0) is 30.3 Å². The maximum Gasteiger partial charge on any atom is 0.251 e. The van der Waals surface area contributed by atoms with E-state index in [1.54, 1.807) is 18.2 Å². The summed E-state index contributed by atoms with van der Waals surface area (Å²) in [6.45, 7) is 0.447. The van der Waals surface area contributed by atoms with Crippen LogP contribution in [0, 0.1) is 0 Å². The van der Waals surface area contributed by atoms with Gasteiger partial charge in [0.25, 0.3) is 5.91 Å². The molecule has 0 aliphatic rings. The van der Waals surface area contributed by atoms with Gasteiger partial charge in [0.2, 0.25) is 0 Å². The first-order valence-corrected chi connectivity index (χ1v) is 7.23. The molecule has 0 saturated heterocycles. The summed E-state index contributed by atoms with van der Waals surface area (Å²) < 4.78 is 5.62. The number of fused-ring (bicyclic) bond motifs is 2. The third kappa shape index (κ3) is 2.64. The molecule has 0 aliphatic carbocycles. The van der Waals surface area contributed by atoms with Crippen LogP contribution in [-0.2, 0) is 6.42 Å². The van der Waals surface area contributed by atoms with Crippen molar-refractivity contribution in [3.63, 3.8) is 0 Å². The molecule has 2 aromatic carbocycles. The van der Waals surface area contributed by atoms with Gasteiger partial charge in [0, 0.05) is 18.5 Å². The summed E-state index contributed by atoms with van der Waals surface area (Å²) in [5.41, 5.74) is 3.52. The molecule has 2 aromatic heterocycles. The normalized spacial score (nSPS) is 11.1. The van der Waals surface area contributed by atoms with Gasteiger partial charge in [-0.25, -0.2) is 4.98 Å². The Labute approximate surface area is 130 Å². The number of amides is 1. The Morgan fingerprint density at radius 3 is 2.87 bits per heavy atom. The maximum absolute atomic E-state index is 12.2. The fourth-order valence-corrected chi connectivity index (χ4v) is 2.39. The highest BCUT2D eigenvalue weighted by Gasteiger charge is 2.09. The van der Waals surface area contributed by atoms with Gasteiger partial charge in [0.05, 0.1) is 0 Å². The number of carbonyl (C=O) groups excluding carboxylic acids is 1. The number of oxazole rings is 1. The van der Waals surface area contributed by atoms with E-state index in [1.165, 1.54) is 0 Å². The summed E-state index contributed by atoms with van der Waals surface area (Å²) in [7, 11) is 0. The summed E-state index contributed by atoms with van der Waals surface area (Å²) in [6.07, 6.45) is 0.534. The fourth-order valence-electron chi connectivity index (χ4n) is 2.39. The van der Waals surface area contributed by atoms with Crippen LogP contribution >= 0.6 is 0 Å². The molecule has 2 heterocycles. The molecule has 0 saturated carbocycles. The number of nitrogens with zero attached hydrogens (tertiary/aromatic N) is 3. The Balaban J connectivity index is 1.40. The van der Waals surface area contributed by atoms with Gasteiger partial charge in [-0.1, -0.05) is 12.1 Å². The minimum atomic E-state index is -0.161. The van der Waals surface area contributed by atoms with Crippen molar-refractivity contribution in [2.24, 2.45) is 0 Å². The van der Waals surface area contributed by atoms with Crippen LogP contribution in [0.3, 0.4) is 0 Å². The monoisotopic (exact) mass is 307 g/mol. The second-order valence-corrected chi connectivity index (χ2v) is 5.11. The van der Waals surface area contributed by atoms with E-state index in [-0.39, 0.29) is 5.91 Å². The summed E-state index contributed by atoms with van der Waals surface area (Å²) >= 11 is 0. The van der Waals surface area contributed by atoms with E-state index in [2.05, 4.69) is 25.7 Å². The standard InChI is InChI=1S/C16H13N5O2/c22-16(10-5-6-11-13(9-10)20-21-19-11)17-8-7-15-18-12-3-1-2-4-14(12)23-15/h1-6,9H,7-8H2,(H,17,22)(H,19,20,21). The summed E-state index contributed by atoms with van der Waals surface area (Å²) in [5.74, 6) is 0.449. The molecule has 4 aromatic rings. The first-order valence-electron chi connectivity index (χ1n) is 7.23. The number of aromatic amines is 1. The van der Waals surface area contributed by atoms with Crippen molar-refractivity contribution in [2.75, 3.05) is 6.54 Å². The number of benzene rings is 2. The quantitative estimate of drug-likeness (QED) is 0.601. The predicted molar refractivity (Wildman–Crippen MR) is 83.9 cm³/mol. The highest BCUT2D eigenvalue weighted by molar-refractivity contribution is 5.97. The van der Waals surface area contributed by atoms with E-state index < -0.39 is 0 Å². The Bertz CT molecular complexity index is 955. The van der Waals surface area contributed by atoms with Crippen LogP contribution < -0.4 is 5.32 Å². The van der Waals surface area contributed by atoms with E-state index in [4.69, 9.17) is 4.42 Å². The first-order chi connectivity index (χ1) is 11.3. The van der Waals surface area contributed by atoms with E-state index >= 15 is 0 Å². The minimum absolute atomic E-state index is 0.161. The van der Waals surface area contributed by atoms with Crippen LogP contribution in [0.25, 0.3) is 22.1 Å². The number of rotatable bonds is 4. The SMILES string of the molecule is O=C(NCCc1nc2ccccc2o1)c1ccc2n[nH]nc2c1. The molecule has 2 N–H and O–H groups in total. The van der Waals surface area contributed by atoms with Crippen LogP contribution in [0.15, 0.2) is 46.9 Å². The Morgan fingerprint density at radius 1 is 1.09 bits per heavy atom. The van der Waals surface area contributed by atoms with Gasteiger partial charge in [-0.2, -0.15) is 15.4 Å². The van der Waals surface area contributed by atoms with Gasteiger partial charge < -0.3 is 9.73 Å². The third-order valence-electron chi connectivity index (χ3n) is 3.54. The molecular weight excluding hydrogens is 294 g/mol. The summed E-state index contributed by atoms with van der Waals surface area (Å²) in [6, 6.07) is 12.8. The van der Waals surface area contributed by atoms with Gasteiger partial charge in [-0.3, -0.25) is 4.79 Å². The number of carbonyl (C=O) groups is 1. The molecule has 1 amide bonds. The minimum Gasteiger partial charge on any atom is -0.441 e. The molecule has 0 unspecified atom stereocenters. The van der Waals surface area contributed by atoms with Crippen molar-refractivity contribution in [1.29, 1.82) is 0 Å². The zero-order chi connectivity index (χ0) is 15.6. The van der Waals surface area contributed by atoms with E-state index in [9.17, 15) is 4.79 Å². The average molecular weight is 307 g/mol. The van der Waals surface area contributed by atoms with Crippen LogP contribution in [0.5, 0.6) is 0 Å². The van der Waals surface area contributed by atoms with Gasteiger partial charge in [0.1, 0.15) is 16.6 Å². The fraction of sp³-hybridized carbons (Fsp3) is 0.125. The molecule has 7 nitrogen and oxygen atoms in total. The number of nitrogens with one attached hydrogen (secondary N) is 2. The second-order valence-electron chi connectivity index (χ2n) is 5.11. The molecule has 7 heteroatoms. The zero-order valence-corrected chi connectivity index (χ0v) is 12.1. The summed E-state index contributed by atoms with van der Waals surface area (Å²) in [5, 5.41) is 13.3. The Hall–Kier alpha value is -3.22. The van der Waals surface area contributed by atoms with E-state index in [0.29, 0.717) is 29.9 Å². The van der Waals surface area contributed by atoms with Crippen molar-refractivity contribution in [2.45, 2.75) is 6.42 Å². The number of hydrogen-bond donors (Lipinski definition) is 2. The number of aromatic nitrogens is 4. The van der Waals surface area contributed by atoms with E-state index in [0.717, 1.165) is 16.6 Å². The van der Waals surface area contributed by atoms with Crippen LogP contribution in [0.1, 0.15) is 16.2 Å². The molecule has 4 rings (SSSR count). The van der Waals surface area contributed by atoms with Crippen molar-refractivity contribution in [1.82, 2.24) is 25.7 Å². The molecule has 0 bridgehead atoms. The molecule has 0 fully saturated rings. The highest BCUT2D eigenvalue weighted by atomic mass is 16.3. The molecule has 23 heavy (non-hydrogen) atoms. The molecular formula is C16H13N5O2. The van der Waals surface area contributed by atoms with Crippen molar-refractivity contribution < 1.29 is 9.21 Å². The topological polar surface area (TPSA) is 96.7 Å². The maximum atomic E-state index is 12.2. The third-order valence-corrected chi connectivity index (χ3v) is 3.54. The van der Waals surface area contributed by atoms with Crippen LogP contribution in [0.4, 0.5) is 0 Å². The van der Waals surface area contributed by atoms with Gasteiger partial charge >= 0.3 is 0 Å². The molecule has 0 radical (unpaired) electrons. The molecule has 0 aliphatic heterocycles. The lowest BCUT2D eigenvalue weighted by atomic mass is 10.2. The van der Waals surface area contributed by atoms with Crippen LogP contribution in [0.2, 0.25) is 0 Å². The first kappa shape index (κ1) is 13.4. The van der Waals surface area contributed by atoms with Crippen molar-refractivity contribution in [3.8, 4) is 0 Å². The molecule has 0 spiro atoms. The largest absolute Gasteiger partial charge is 0.441 e. The lowest BCUT2D eigenvalue weighted by molar-refractivity contribution is 0.0954. The average Bonchev–Trinajstić information content (AvgIpc) is 3.19. The van der Waals surface area contributed by atoms with Gasteiger partial charge in [0.15, 0.2) is 11.5 Å². The predicted octanol–water partition coefficient (Wildman–Crippen LogP) is 2.07. The van der Waals surface area contributed by atoms with Crippen molar-refractivity contribution in [3.05, 3.63) is 53.9 Å². The number of hydrogen-bond acceptors (Lipinski definition) is 5. The molecule has 0 atom stereocenters. The Morgan fingerprint density at radius 2 is 1.96 bits per heavy atom. The lowest BCUT2D eigenvalue weighted by Crippen LogP contribution is -2.25. The highest BCUT2D eigenvalue weighted by Crippen LogP contribution is 2.15. The van der Waals surface area contributed by atoms with Crippen LogP contribution in [-0.4, -0.2) is 32.8 Å². The zero-order valence-electron chi connectivity index (χ0n) is 12.1. The molecule has 114 valence electrons. The number of H-pyrrole nitrogens is 1. The number of para-hydroxylation sites is 2.